The molecular formula is C12H21N5O. The van der Waals surface area contributed by atoms with Gasteiger partial charge in [0.1, 0.15) is 0 Å². The first kappa shape index (κ1) is 14.2. The summed E-state index contributed by atoms with van der Waals surface area (Å²) in [5.41, 5.74) is 3.57. The minimum Gasteiger partial charge on any atom is -0.481 e. The number of hydrogen-bond acceptors (Lipinski definition) is 4. The molecule has 0 radical (unpaired) electrons. The Morgan fingerprint density at radius 3 is 3.06 bits per heavy atom. The standard InChI is InChI=1S/C12H21N5O/c1-3-4-6-15-12(17-13)16-9-10-5-7-14-11(8-10)18-2/h5,7-8H,3-4,6,9,13H2,1-2H3,(H2,15,16,17). The zero-order valence-electron chi connectivity index (χ0n) is 10.9. The molecule has 100 valence electrons. The number of nitrogens with one attached hydrogen (secondary N) is 2. The second kappa shape index (κ2) is 8.30. The van der Waals surface area contributed by atoms with Gasteiger partial charge >= 0.3 is 0 Å². The Kier molecular flexibility index (Phi) is 6.56. The summed E-state index contributed by atoms with van der Waals surface area (Å²) in [7, 11) is 1.59. The maximum Gasteiger partial charge on any atom is 0.213 e. The number of rotatable bonds is 6. The highest BCUT2D eigenvalue weighted by atomic mass is 16.5. The van der Waals surface area contributed by atoms with E-state index in [9.17, 15) is 0 Å². The van der Waals surface area contributed by atoms with Crippen molar-refractivity contribution in [3.05, 3.63) is 23.9 Å². The molecule has 0 atom stereocenters. The first-order valence-corrected chi connectivity index (χ1v) is 6.04. The molecule has 1 heterocycles. The lowest BCUT2D eigenvalue weighted by molar-refractivity contribution is 0.397. The minimum absolute atomic E-state index is 0.525. The number of ether oxygens (including phenoxy) is 1. The number of methoxy groups -OCH3 is 1. The third-order valence-corrected chi connectivity index (χ3v) is 2.39. The van der Waals surface area contributed by atoms with Crippen molar-refractivity contribution in [2.75, 3.05) is 13.7 Å². The fourth-order valence-corrected chi connectivity index (χ4v) is 1.37. The molecule has 1 aromatic heterocycles. The van der Waals surface area contributed by atoms with Crippen molar-refractivity contribution in [3.8, 4) is 5.88 Å². The average Bonchev–Trinajstić information content (AvgIpc) is 2.43. The Hall–Kier alpha value is -1.82. The van der Waals surface area contributed by atoms with Gasteiger partial charge in [-0.15, -0.1) is 0 Å². The fraction of sp³-hybridized carbons (Fsp3) is 0.500. The van der Waals surface area contributed by atoms with Crippen LogP contribution in [0.1, 0.15) is 25.3 Å². The number of hydrazine groups is 1. The Bertz CT molecular complexity index is 380. The van der Waals surface area contributed by atoms with Crippen molar-refractivity contribution in [2.24, 2.45) is 10.8 Å². The van der Waals surface area contributed by atoms with Crippen LogP contribution in [-0.4, -0.2) is 24.6 Å². The topological polar surface area (TPSA) is 84.6 Å². The lowest BCUT2D eigenvalue weighted by Gasteiger charge is -2.08. The Morgan fingerprint density at radius 2 is 2.39 bits per heavy atom. The van der Waals surface area contributed by atoms with Gasteiger partial charge in [-0.2, -0.15) is 0 Å². The summed E-state index contributed by atoms with van der Waals surface area (Å²) in [6, 6.07) is 3.75. The smallest absolute Gasteiger partial charge is 0.213 e. The van der Waals surface area contributed by atoms with Gasteiger partial charge in [0, 0.05) is 18.8 Å². The van der Waals surface area contributed by atoms with Crippen LogP contribution in [0.3, 0.4) is 0 Å². The van der Waals surface area contributed by atoms with Gasteiger partial charge in [-0.3, -0.25) is 5.43 Å². The normalized spacial score (nSPS) is 11.2. The van der Waals surface area contributed by atoms with E-state index in [1.54, 1.807) is 13.3 Å². The van der Waals surface area contributed by atoms with Crippen molar-refractivity contribution in [3.63, 3.8) is 0 Å². The largest absolute Gasteiger partial charge is 0.481 e. The van der Waals surface area contributed by atoms with Gasteiger partial charge < -0.3 is 10.1 Å². The number of pyridine rings is 1. The van der Waals surface area contributed by atoms with E-state index in [2.05, 4.69) is 27.6 Å². The monoisotopic (exact) mass is 251 g/mol. The maximum absolute atomic E-state index is 5.39. The van der Waals surface area contributed by atoms with Crippen LogP contribution in [-0.2, 0) is 6.54 Å². The van der Waals surface area contributed by atoms with E-state index < -0.39 is 0 Å². The molecule has 0 bridgehead atoms. The molecule has 0 aliphatic rings. The number of aliphatic imine (C=N–C) groups is 1. The zero-order chi connectivity index (χ0) is 13.2. The van der Waals surface area contributed by atoms with Crippen LogP contribution in [0.5, 0.6) is 5.88 Å². The molecule has 0 unspecified atom stereocenters. The van der Waals surface area contributed by atoms with Gasteiger partial charge in [-0.25, -0.2) is 15.8 Å². The van der Waals surface area contributed by atoms with E-state index in [0.29, 0.717) is 18.4 Å². The number of nitrogens with two attached hydrogens (primary N) is 1. The molecule has 0 amide bonds. The SMILES string of the molecule is CCCCNC(=NCc1ccnc(OC)c1)NN. The first-order chi connectivity index (χ1) is 8.80. The van der Waals surface area contributed by atoms with Crippen LogP contribution >= 0.6 is 0 Å². The van der Waals surface area contributed by atoms with Crippen molar-refractivity contribution in [1.29, 1.82) is 0 Å². The van der Waals surface area contributed by atoms with Crippen LogP contribution in [0.2, 0.25) is 0 Å². The molecule has 18 heavy (non-hydrogen) atoms. The van der Waals surface area contributed by atoms with Crippen LogP contribution in [0, 0.1) is 0 Å². The predicted octanol–water partition coefficient (Wildman–Crippen LogP) is 0.799. The third kappa shape index (κ3) is 5.01. The van der Waals surface area contributed by atoms with Gasteiger partial charge in [0.15, 0.2) is 0 Å². The summed E-state index contributed by atoms with van der Waals surface area (Å²) < 4.78 is 5.05. The lowest BCUT2D eigenvalue weighted by Crippen LogP contribution is -2.41. The van der Waals surface area contributed by atoms with Crippen LogP contribution in [0.4, 0.5) is 0 Å². The molecule has 0 saturated heterocycles. The molecular weight excluding hydrogens is 230 g/mol. The summed E-state index contributed by atoms with van der Waals surface area (Å²) in [5.74, 6) is 6.58. The molecule has 4 N–H and O–H groups in total. The number of guanidine groups is 1. The maximum atomic E-state index is 5.39. The zero-order valence-corrected chi connectivity index (χ0v) is 10.9. The van der Waals surface area contributed by atoms with Crippen LogP contribution in [0.25, 0.3) is 0 Å². The summed E-state index contributed by atoms with van der Waals surface area (Å²) in [6.07, 6.45) is 3.92. The summed E-state index contributed by atoms with van der Waals surface area (Å²) in [6.45, 7) is 3.52. The van der Waals surface area contributed by atoms with E-state index >= 15 is 0 Å². The average molecular weight is 251 g/mol. The van der Waals surface area contributed by atoms with Crippen molar-refractivity contribution >= 4 is 5.96 Å². The van der Waals surface area contributed by atoms with E-state index in [1.165, 1.54) is 0 Å². The molecule has 0 aliphatic heterocycles. The van der Waals surface area contributed by atoms with Crippen LogP contribution in [0.15, 0.2) is 23.3 Å². The Labute approximate surface area is 108 Å². The van der Waals surface area contributed by atoms with E-state index in [4.69, 9.17) is 10.6 Å². The summed E-state index contributed by atoms with van der Waals surface area (Å²) in [5, 5.41) is 3.14. The lowest BCUT2D eigenvalue weighted by atomic mass is 10.3. The van der Waals surface area contributed by atoms with E-state index in [1.807, 2.05) is 12.1 Å². The van der Waals surface area contributed by atoms with Gasteiger partial charge in [0.05, 0.1) is 13.7 Å². The molecule has 0 aromatic carbocycles. The predicted molar refractivity (Wildman–Crippen MR) is 72.2 cm³/mol. The third-order valence-electron chi connectivity index (χ3n) is 2.39. The highest BCUT2D eigenvalue weighted by Gasteiger charge is 1.98. The summed E-state index contributed by atoms with van der Waals surface area (Å²) in [4.78, 5) is 8.38. The molecule has 1 rings (SSSR count). The van der Waals surface area contributed by atoms with Gasteiger partial charge in [-0.05, 0) is 18.1 Å². The molecule has 0 fully saturated rings. The van der Waals surface area contributed by atoms with Gasteiger partial charge in [0.25, 0.3) is 0 Å². The molecule has 1 aromatic rings. The summed E-state index contributed by atoms with van der Waals surface area (Å²) >= 11 is 0. The quantitative estimate of drug-likeness (QED) is 0.229. The fourth-order valence-electron chi connectivity index (χ4n) is 1.37. The van der Waals surface area contributed by atoms with Crippen molar-refractivity contribution < 1.29 is 4.74 Å². The van der Waals surface area contributed by atoms with Crippen LogP contribution < -0.4 is 21.3 Å². The molecule has 6 nitrogen and oxygen atoms in total. The molecule has 0 saturated carbocycles. The minimum atomic E-state index is 0.525. The number of hydrogen-bond donors (Lipinski definition) is 3. The van der Waals surface area contributed by atoms with E-state index in [-0.39, 0.29) is 0 Å². The second-order valence-corrected chi connectivity index (χ2v) is 3.80. The second-order valence-electron chi connectivity index (χ2n) is 3.80. The molecule has 0 aliphatic carbocycles. The molecule has 6 heteroatoms. The molecule has 0 spiro atoms. The first-order valence-electron chi connectivity index (χ1n) is 6.04. The number of aromatic nitrogens is 1. The van der Waals surface area contributed by atoms with E-state index in [0.717, 1.165) is 24.9 Å². The number of nitrogens with zero attached hydrogens (tertiary/aromatic N) is 2. The Balaban J connectivity index is 2.53. The van der Waals surface area contributed by atoms with Crippen molar-refractivity contribution in [1.82, 2.24) is 15.7 Å². The Morgan fingerprint density at radius 1 is 1.56 bits per heavy atom. The van der Waals surface area contributed by atoms with Gasteiger partial charge in [0.2, 0.25) is 11.8 Å². The number of unbranched alkanes of at least 4 members (excludes halogenated alkanes) is 1. The highest BCUT2D eigenvalue weighted by molar-refractivity contribution is 5.79. The van der Waals surface area contributed by atoms with Gasteiger partial charge in [-0.1, -0.05) is 13.3 Å². The van der Waals surface area contributed by atoms with Crippen molar-refractivity contribution in [2.45, 2.75) is 26.3 Å². The highest BCUT2D eigenvalue weighted by Crippen LogP contribution is 2.09.